The van der Waals surface area contributed by atoms with Crippen LogP contribution in [-0.4, -0.2) is 42.3 Å². The third-order valence-corrected chi connectivity index (χ3v) is 3.92. The Morgan fingerprint density at radius 3 is 2.76 bits per heavy atom. The van der Waals surface area contributed by atoms with Crippen LogP contribution >= 0.6 is 15.9 Å². The molecule has 1 aliphatic rings. The molecule has 1 N–H and O–H groups in total. The molecule has 1 aliphatic heterocycles. The summed E-state index contributed by atoms with van der Waals surface area (Å²) in [5.41, 5.74) is 0.392. The van der Waals surface area contributed by atoms with Gasteiger partial charge in [-0.1, -0.05) is 6.92 Å². The summed E-state index contributed by atoms with van der Waals surface area (Å²) >= 11 is 3.31. The molecule has 1 aromatic rings. The van der Waals surface area contributed by atoms with Crippen molar-refractivity contribution in [1.82, 2.24) is 10.2 Å². The second-order valence-electron chi connectivity index (χ2n) is 4.62. The first-order chi connectivity index (χ1) is 9.97. The van der Waals surface area contributed by atoms with Crippen LogP contribution in [0.4, 0.5) is 0 Å². The fraction of sp³-hybridized carbons (Fsp3) is 0.357. The minimum atomic E-state index is -0.629. The molecule has 0 radical (unpaired) electrons. The van der Waals surface area contributed by atoms with Gasteiger partial charge in [-0.05, 0) is 40.5 Å². The maximum atomic E-state index is 12.5. The van der Waals surface area contributed by atoms with E-state index < -0.39 is 17.9 Å². The predicted molar refractivity (Wildman–Crippen MR) is 79.0 cm³/mol. The number of nitrogens with one attached hydrogen (secondary N) is 1. The molecule has 1 saturated heterocycles. The third kappa shape index (κ3) is 3.07. The van der Waals surface area contributed by atoms with E-state index in [0.29, 0.717) is 22.2 Å². The smallest absolute Gasteiger partial charge is 0.255 e. The molecule has 3 amide bonds. The molecule has 1 fully saturated rings. The monoisotopic (exact) mass is 354 g/mol. The van der Waals surface area contributed by atoms with Crippen molar-refractivity contribution < 1.29 is 19.1 Å². The molecule has 1 atom stereocenters. The summed E-state index contributed by atoms with van der Waals surface area (Å²) < 4.78 is 5.75. The molecule has 0 saturated carbocycles. The topological polar surface area (TPSA) is 75.7 Å². The van der Waals surface area contributed by atoms with Crippen molar-refractivity contribution in [2.75, 3.05) is 13.7 Å². The molecular formula is C14H15BrN2O4. The number of methoxy groups -OCH3 is 1. The van der Waals surface area contributed by atoms with E-state index in [9.17, 15) is 14.4 Å². The summed E-state index contributed by atoms with van der Waals surface area (Å²) in [6.07, 6.45) is 0.447. The number of piperazine rings is 1. The minimum absolute atomic E-state index is 0.118. The molecule has 21 heavy (non-hydrogen) atoms. The minimum Gasteiger partial charge on any atom is -0.496 e. The summed E-state index contributed by atoms with van der Waals surface area (Å²) in [5.74, 6) is -0.653. The lowest BCUT2D eigenvalue weighted by Crippen LogP contribution is -2.59. The zero-order valence-corrected chi connectivity index (χ0v) is 13.3. The number of hydrogen-bond donors (Lipinski definition) is 1. The maximum absolute atomic E-state index is 12.5. The summed E-state index contributed by atoms with van der Waals surface area (Å²) in [4.78, 5) is 37.1. The van der Waals surface area contributed by atoms with Crippen molar-refractivity contribution in [2.24, 2.45) is 0 Å². The van der Waals surface area contributed by atoms with E-state index in [0.717, 1.165) is 0 Å². The summed E-state index contributed by atoms with van der Waals surface area (Å²) in [6.45, 7) is 1.68. The first kappa shape index (κ1) is 15.5. The predicted octanol–water partition coefficient (Wildman–Crippen LogP) is 1.33. The van der Waals surface area contributed by atoms with Gasteiger partial charge in [-0.2, -0.15) is 0 Å². The molecule has 1 unspecified atom stereocenters. The summed E-state index contributed by atoms with van der Waals surface area (Å²) in [6, 6.07) is 4.25. The second kappa shape index (κ2) is 6.26. The van der Waals surface area contributed by atoms with E-state index in [-0.39, 0.29) is 12.5 Å². The highest BCUT2D eigenvalue weighted by atomic mass is 79.9. The number of halogens is 1. The van der Waals surface area contributed by atoms with E-state index in [4.69, 9.17) is 4.74 Å². The fourth-order valence-corrected chi connectivity index (χ4v) is 2.79. The van der Waals surface area contributed by atoms with Crippen LogP contribution in [0.5, 0.6) is 5.75 Å². The Bertz CT molecular complexity index is 603. The Morgan fingerprint density at radius 2 is 2.19 bits per heavy atom. The number of carbonyl (C=O) groups is 3. The van der Waals surface area contributed by atoms with Crippen LogP contribution in [0.15, 0.2) is 22.7 Å². The molecule has 0 spiro atoms. The first-order valence-corrected chi connectivity index (χ1v) is 7.25. The second-order valence-corrected chi connectivity index (χ2v) is 5.47. The van der Waals surface area contributed by atoms with Crippen molar-refractivity contribution in [1.29, 1.82) is 0 Å². The number of nitrogens with zero attached hydrogens (tertiary/aromatic N) is 1. The normalized spacial score (nSPS) is 18.4. The van der Waals surface area contributed by atoms with Crippen molar-refractivity contribution in [3.63, 3.8) is 0 Å². The van der Waals surface area contributed by atoms with E-state index in [1.54, 1.807) is 25.1 Å². The quantitative estimate of drug-likeness (QED) is 0.831. The fourth-order valence-electron chi connectivity index (χ4n) is 2.25. The molecule has 1 heterocycles. The largest absolute Gasteiger partial charge is 0.496 e. The highest BCUT2D eigenvalue weighted by molar-refractivity contribution is 9.10. The van der Waals surface area contributed by atoms with Gasteiger partial charge in [-0.3, -0.25) is 19.7 Å². The third-order valence-electron chi connectivity index (χ3n) is 3.30. The van der Waals surface area contributed by atoms with Gasteiger partial charge < -0.3 is 9.64 Å². The molecule has 0 aromatic heterocycles. The average molecular weight is 355 g/mol. The van der Waals surface area contributed by atoms with E-state index in [1.165, 1.54) is 12.0 Å². The molecule has 7 heteroatoms. The lowest BCUT2D eigenvalue weighted by atomic mass is 10.1. The Kier molecular flexibility index (Phi) is 4.62. The van der Waals surface area contributed by atoms with E-state index >= 15 is 0 Å². The molecule has 0 aliphatic carbocycles. The SMILES string of the molecule is CCC1C(=O)NC(=O)CN1C(=O)c1ccc(OC)c(Br)c1. The highest BCUT2D eigenvalue weighted by Gasteiger charge is 2.35. The van der Waals surface area contributed by atoms with Crippen LogP contribution in [0.2, 0.25) is 0 Å². The number of carbonyl (C=O) groups excluding carboxylic acids is 3. The van der Waals surface area contributed by atoms with Gasteiger partial charge in [0.15, 0.2) is 0 Å². The zero-order chi connectivity index (χ0) is 15.6. The lowest BCUT2D eigenvalue weighted by molar-refractivity contribution is -0.138. The lowest BCUT2D eigenvalue weighted by Gasteiger charge is -2.33. The number of ether oxygens (including phenoxy) is 1. The summed E-state index contributed by atoms with van der Waals surface area (Å²) in [7, 11) is 1.53. The van der Waals surface area contributed by atoms with Crippen molar-refractivity contribution in [3.05, 3.63) is 28.2 Å². The van der Waals surface area contributed by atoms with E-state index in [2.05, 4.69) is 21.2 Å². The zero-order valence-electron chi connectivity index (χ0n) is 11.7. The molecule has 112 valence electrons. The van der Waals surface area contributed by atoms with Crippen molar-refractivity contribution in [2.45, 2.75) is 19.4 Å². The van der Waals surface area contributed by atoms with Crippen LogP contribution in [0.25, 0.3) is 0 Å². The number of benzene rings is 1. The first-order valence-electron chi connectivity index (χ1n) is 6.46. The molecule has 1 aromatic carbocycles. The highest BCUT2D eigenvalue weighted by Crippen LogP contribution is 2.26. The number of hydrogen-bond acceptors (Lipinski definition) is 4. The summed E-state index contributed by atoms with van der Waals surface area (Å²) in [5, 5.41) is 2.25. The van der Waals surface area contributed by atoms with Crippen LogP contribution in [0.3, 0.4) is 0 Å². The maximum Gasteiger partial charge on any atom is 0.255 e. The van der Waals surface area contributed by atoms with Gasteiger partial charge >= 0.3 is 0 Å². The van der Waals surface area contributed by atoms with Gasteiger partial charge in [-0.15, -0.1) is 0 Å². The van der Waals surface area contributed by atoms with Gasteiger partial charge in [-0.25, -0.2) is 0 Å². The van der Waals surface area contributed by atoms with Crippen LogP contribution in [0.1, 0.15) is 23.7 Å². The molecule has 6 nitrogen and oxygen atoms in total. The molecule has 0 bridgehead atoms. The van der Waals surface area contributed by atoms with Crippen LogP contribution < -0.4 is 10.1 Å². The number of imide groups is 1. The standard InChI is InChI=1S/C14H15BrN2O4/c1-3-10-13(19)16-12(18)7-17(10)14(20)8-4-5-11(21-2)9(15)6-8/h4-6,10H,3,7H2,1-2H3,(H,16,18,19). The molecular weight excluding hydrogens is 340 g/mol. The molecule has 2 rings (SSSR count). The van der Waals surface area contributed by atoms with Crippen LogP contribution in [0, 0.1) is 0 Å². The number of rotatable bonds is 3. The van der Waals surface area contributed by atoms with Gasteiger partial charge in [0.1, 0.15) is 18.3 Å². The average Bonchev–Trinajstić information content (AvgIpc) is 2.45. The van der Waals surface area contributed by atoms with Gasteiger partial charge in [0.25, 0.3) is 5.91 Å². The van der Waals surface area contributed by atoms with E-state index in [1.807, 2.05) is 0 Å². The van der Waals surface area contributed by atoms with Gasteiger partial charge in [0.2, 0.25) is 11.8 Å². The van der Waals surface area contributed by atoms with Crippen LogP contribution in [-0.2, 0) is 9.59 Å². The Hall–Kier alpha value is -1.89. The Labute approximate surface area is 130 Å². The van der Waals surface area contributed by atoms with Gasteiger partial charge in [0, 0.05) is 5.56 Å². The Balaban J connectivity index is 2.31. The number of amides is 3. The van der Waals surface area contributed by atoms with Crippen molar-refractivity contribution >= 4 is 33.7 Å². The van der Waals surface area contributed by atoms with Crippen molar-refractivity contribution in [3.8, 4) is 5.75 Å². The Morgan fingerprint density at radius 1 is 1.48 bits per heavy atom. The van der Waals surface area contributed by atoms with Gasteiger partial charge in [0.05, 0.1) is 11.6 Å².